The van der Waals surface area contributed by atoms with Gasteiger partial charge in [0, 0.05) is 17.9 Å². The Hall–Kier alpha value is -2.29. The molecule has 2 N–H and O–H groups in total. The number of anilines is 2. The lowest BCUT2D eigenvalue weighted by molar-refractivity contribution is -0.117. The minimum Gasteiger partial charge on any atom is -0.399 e. The fourth-order valence-corrected chi connectivity index (χ4v) is 2.27. The van der Waals surface area contributed by atoms with Crippen molar-refractivity contribution in [3.8, 4) is 0 Å². The second-order valence-corrected chi connectivity index (χ2v) is 4.90. The van der Waals surface area contributed by atoms with Gasteiger partial charge in [-0.25, -0.2) is 0 Å². The van der Waals surface area contributed by atoms with Crippen LogP contribution >= 0.6 is 0 Å². The number of nitrogen functional groups attached to an aromatic ring is 1. The van der Waals surface area contributed by atoms with Gasteiger partial charge < -0.3 is 10.6 Å². The molecule has 0 spiro atoms. The minimum absolute atomic E-state index is 0.0868. The highest BCUT2D eigenvalue weighted by Crippen LogP contribution is 2.17. The first kappa shape index (κ1) is 14.1. The van der Waals surface area contributed by atoms with Crippen LogP contribution in [-0.2, 0) is 11.2 Å². The number of rotatable bonds is 4. The molecule has 0 aliphatic carbocycles. The van der Waals surface area contributed by atoms with Crippen molar-refractivity contribution in [2.24, 2.45) is 0 Å². The highest BCUT2D eigenvalue weighted by molar-refractivity contribution is 5.94. The Balaban J connectivity index is 2.17. The fraction of sp³-hybridized carbons (Fsp3) is 0.235. The van der Waals surface area contributed by atoms with E-state index in [2.05, 4.69) is 0 Å². The maximum absolute atomic E-state index is 12.5. The van der Waals surface area contributed by atoms with Crippen LogP contribution in [0.4, 0.5) is 11.4 Å². The number of likely N-dealkylation sites (N-methyl/N-ethyl adjacent to an activating group) is 1. The van der Waals surface area contributed by atoms with Crippen LogP contribution in [0, 0.1) is 6.92 Å². The van der Waals surface area contributed by atoms with E-state index in [1.165, 1.54) is 0 Å². The van der Waals surface area contributed by atoms with E-state index in [4.69, 9.17) is 5.73 Å². The summed E-state index contributed by atoms with van der Waals surface area (Å²) in [6.07, 6.45) is 0.368. The molecule has 0 saturated heterocycles. The third kappa shape index (κ3) is 3.38. The van der Waals surface area contributed by atoms with E-state index in [0.29, 0.717) is 18.7 Å². The summed E-state index contributed by atoms with van der Waals surface area (Å²) in [5, 5.41) is 0. The SMILES string of the molecule is CCN(C(=O)Cc1cccc(N)c1)c1cccc(C)c1. The van der Waals surface area contributed by atoms with Gasteiger partial charge in [-0.15, -0.1) is 0 Å². The second-order valence-electron chi connectivity index (χ2n) is 4.90. The number of aryl methyl sites for hydroxylation is 1. The van der Waals surface area contributed by atoms with Crippen molar-refractivity contribution in [3.05, 3.63) is 59.7 Å². The van der Waals surface area contributed by atoms with Gasteiger partial charge >= 0.3 is 0 Å². The predicted molar refractivity (Wildman–Crippen MR) is 83.8 cm³/mol. The van der Waals surface area contributed by atoms with Crippen molar-refractivity contribution >= 4 is 17.3 Å². The maximum Gasteiger partial charge on any atom is 0.231 e. The zero-order valence-corrected chi connectivity index (χ0v) is 12.0. The smallest absolute Gasteiger partial charge is 0.231 e. The van der Waals surface area contributed by atoms with E-state index >= 15 is 0 Å². The molecule has 2 aromatic carbocycles. The van der Waals surface area contributed by atoms with Gasteiger partial charge in [-0.2, -0.15) is 0 Å². The molecule has 0 aromatic heterocycles. The van der Waals surface area contributed by atoms with Gasteiger partial charge in [0.1, 0.15) is 0 Å². The molecule has 0 aliphatic heterocycles. The number of hydrogen-bond acceptors (Lipinski definition) is 2. The van der Waals surface area contributed by atoms with Crippen LogP contribution in [0.15, 0.2) is 48.5 Å². The molecule has 20 heavy (non-hydrogen) atoms. The van der Waals surface area contributed by atoms with E-state index < -0.39 is 0 Å². The Morgan fingerprint density at radius 2 is 1.90 bits per heavy atom. The highest BCUT2D eigenvalue weighted by atomic mass is 16.2. The summed E-state index contributed by atoms with van der Waals surface area (Å²) >= 11 is 0. The van der Waals surface area contributed by atoms with E-state index in [0.717, 1.165) is 16.8 Å². The van der Waals surface area contributed by atoms with Gasteiger partial charge in [-0.1, -0.05) is 24.3 Å². The molecule has 0 fully saturated rings. The Morgan fingerprint density at radius 1 is 1.15 bits per heavy atom. The van der Waals surface area contributed by atoms with Crippen LogP contribution in [0.25, 0.3) is 0 Å². The molecular formula is C17H20N2O. The average Bonchev–Trinajstić information content (AvgIpc) is 2.39. The van der Waals surface area contributed by atoms with Crippen LogP contribution in [0.5, 0.6) is 0 Å². The Bertz CT molecular complexity index is 607. The van der Waals surface area contributed by atoms with Gasteiger partial charge in [-0.3, -0.25) is 4.79 Å². The van der Waals surface area contributed by atoms with E-state index in [-0.39, 0.29) is 5.91 Å². The lowest BCUT2D eigenvalue weighted by atomic mass is 10.1. The molecule has 2 aromatic rings. The molecule has 104 valence electrons. The first-order valence-corrected chi connectivity index (χ1v) is 6.81. The Labute approximate surface area is 120 Å². The topological polar surface area (TPSA) is 46.3 Å². The maximum atomic E-state index is 12.5. The average molecular weight is 268 g/mol. The normalized spacial score (nSPS) is 10.3. The van der Waals surface area contributed by atoms with Crippen molar-refractivity contribution in [2.75, 3.05) is 17.2 Å². The van der Waals surface area contributed by atoms with Crippen LogP contribution in [0.1, 0.15) is 18.1 Å². The third-order valence-electron chi connectivity index (χ3n) is 3.24. The summed E-state index contributed by atoms with van der Waals surface area (Å²) in [6.45, 7) is 4.67. The first-order chi connectivity index (χ1) is 9.60. The number of carbonyl (C=O) groups excluding carboxylic acids is 1. The summed E-state index contributed by atoms with van der Waals surface area (Å²) in [5.41, 5.74) is 9.48. The number of amides is 1. The van der Waals surface area contributed by atoms with Gasteiger partial charge in [0.05, 0.1) is 6.42 Å². The molecule has 2 rings (SSSR count). The summed E-state index contributed by atoms with van der Waals surface area (Å²) in [4.78, 5) is 14.3. The summed E-state index contributed by atoms with van der Waals surface area (Å²) < 4.78 is 0. The van der Waals surface area contributed by atoms with Crippen LogP contribution < -0.4 is 10.6 Å². The van der Waals surface area contributed by atoms with E-state index in [1.807, 2.05) is 62.4 Å². The minimum atomic E-state index is 0.0868. The molecule has 3 heteroatoms. The summed E-state index contributed by atoms with van der Waals surface area (Å²) in [5.74, 6) is 0.0868. The number of nitrogens with two attached hydrogens (primary N) is 1. The van der Waals surface area contributed by atoms with E-state index in [1.54, 1.807) is 4.90 Å². The largest absolute Gasteiger partial charge is 0.399 e. The molecule has 0 heterocycles. The number of hydrogen-bond donors (Lipinski definition) is 1. The van der Waals surface area contributed by atoms with Crippen molar-refractivity contribution < 1.29 is 4.79 Å². The molecular weight excluding hydrogens is 248 g/mol. The van der Waals surface area contributed by atoms with Crippen molar-refractivity contribution in [3.63, 3.8) is 0 Å². The second kappa shape index (κ2) is 6.24. The zero-order valence-electron chi connectivity index (χ0n) is 12.0. The van der Waals surface area contributed by atoms with Crippen molar-refractivity contribution in [1.29, 1.82) is 0 Å². The molecule has 0 bridgehead atoms. The number of benzene rings is 2. The molecule has 0 atom stereocenters. The number of carbonyl (C=O) groups is 1. The van der Waals surface area contributed by atoms with E-state index in [9.17, 15) is 4.79 Å². The zero-order chi connectivity index (χ0) is 14.5. The Morgan fingerprint density at radius 3 is 2.55 bits per heavy atom. The molecule has 3 nitrogen and oxygen atoms in total. The van der Waals surface area contributed by atoms with Gasteiger partial charge in [0.25, 0.3) is 0 Å². The fourth-order valence-electron chi connectivity index (χ4n) is 2.27. The lowest BCUT2D eigenvalue weighted by Crippen LogP contribution is -2.32. The predicted octanol–water partition coefficient (Wildman–Crippen LogP) is 3.17. The van der Waals surface area contributed by atoms with Gasteiger partial charge in [0.2, 0.25) is 5.91 Å². The van der Waals surface area contributed by atoms with Gasteiger partial charge in [-0.05, 0) is 49.2 Å². The van der Waals surface area contributed by atoms with Crippen LogP contribution in [-0.4, -0.2) is 12.5 Å². The molecule has 0 unspecified atom stereocenters. The molecule has 0 saturated carbocycles. The highest BCUT2D eigenvalue weighted by Gasteiger charge is 2.14. The molecule has 0 aliphatic rings. The monoisotopic (exact) mass is 268 g/mol. The lowest BCUT2D eigenvalue weighted by Gasteiger charge is -2.21. The van der Waals surface area contributed by atoms with Crippen molar-refractivity contribution in [2.45, 2.75) is 20.3 Å². The summed E-state index contributed by atoms with van der Waals surface area (Å²) in [6, 6.07) is 15.5. The third-order valence-corrected chi connectivity index (χ3v) is 3.24. The molecule has 1 amide bonds. The Kier molecular flexibility index (Phi) is 4.41. The number of nitrogens with zero attached hydrogens (tertiary/aromatic N) is 1. The van der Waals surface area contributed by atoms with Crippen LogP contribution in [0.3, 0.4) is 0 Å². The van der Waals surface area contributed by atoms with Crippen LogP contribution in [0.2, 0.25) is 0 Å². The van der Waals surface area contributed by atoms with Crippen molar-refractivity contribution in [1.82, 2.24) is 0 Å². The van der Waals surface area contributed by atoms with Gasteiger partial charge in [0.15, 0.2) is 0 Å². The quantitative estimate of drug-likeness (QED) is 0.866. The first-order valence-electron chi connectivity index (χ1n) is 6.81. The summed E-state index contributed by atoms with van der Waals surface area (Å²) in [7, 11) is 0. The standard InChI is InChI=1S/C17H20N2O/c1-3-19(16-9-4-6-13(2)10-16)17(20)12-14-7-5-8-15(18)11-14/h4-11H,3,12,18H2,1-2H3. The molecule has 0 radical (unpaired) electrons.